The number of carbonyl (C=O) groups excluding carboxylic acids is 1. The number of nitrogens with one attached hydrogen (secondary N) is 1. The molecule has 0 heterocycles. The second-order valence-electron chi connectivity index (χ2n) is 5.27. The monoisotopic (exact) mass is 310 g/mol. The molecular formula is C15H19ClN2O3. The van der Waals surface area contributed by atoms with E-state index >= 15 is 0 Å². The van der Waals surface area contributed by atoms with Gasteiger partial charge in [-0.3, -0.25) is 14.5 Å². The van der Waals surface area contributed by atoms with Crippen LogP contribution in [0.2, 0.25) is 5.02 Å². The number of hydrogen-bond acceptors (Lipinski definition) is 3. The van der Waals surface area contributed by atoms with Gasteiger partial charge >= 0.3 is 5.97 Å². The minimum Gasteiger partial charge on any atom is -0.480 e. The Labute approximate surface area is 128 Å². The molecule has 1 aromatic rings. The summed E-state index contributed by atoms with van der Waals surface area (Å²) in [7, 11) is 0. The quantitative estimate of drug-likeness (QED) is 0.809. The SMILES string of the molecule is CC(c1ccccc1Cl)N(CC(=O)NCC(=O)O)C1CC1. The molecule has 0 radical (unpaired) electrons. The van der Waals surface area contributed by atoms with Crippen LogP contribution in [0.25, 0.3) is 0 Å². The van der Waals surface area contributed by atoms with Gasteiger partial charge in [-0.05, 0) is 31.4 Å². The Balaban J connectivity index is 2.03. The van der Waals surface area contributed by atoms with Crippen LogP contribution in [0.5, 0.6) is 0 Å². The molecule has 1 fully saturated rings. The van der Waals surface area contributed by atoms with E-state index in [0.29, 0.717) is 11.1 Å². The Morgan fingerprint density at radius 2 is 2.10 bits per heavy atom. The van der Waals surface area contributed by atoms with Gasteiger partial charge in [0.15, 0.2) is 0 Å². The van der Waals surface area contributed by atoms with Gasteiger partial charge in [0.2, 0.25) is 5.91 Å². The smallest absolute Gasteiger partial charge is 0.322 e. The van der Waals surface area contributed by atoms with Crippen molar-refractivity contribution in [1.82, 2.24) is 10.2 Å². The van der Waals surface area contributed by atoms with E-state index in [-0.39, 0.29) is 25.0 Å². The third-order valence-electron chi connectivity index (χ3n) is 3.63. The van der Waals surface area contributed by atoms with Crippen LogP contribution in [0.15, 0.2) is 24.3 Å². The van der Waals surface area contributed by atoms with Crippen LogP contribution in [0.3, 0.4) is 0 Å². The molecule has 114 valence electrons. The molecule has 2 rings (SSSR count). The Hall–Kier alpha value is -1.59. The number of carboxylic acid groups (broad SMARTS) is 1. The Morgan fingerprint density at radius 3 is 2.67 bits per heavy atom. The highest BCUT2D eigenvalue weighted by Gasteiger charge is 2.34. The minimum absolute atomic E-state index is 0.0155. The first kappa shape index (κ1) is 15.8. The Morgan fingerprint density at radius 1 is 1.43 bits per heavy atom. The summed E-state index contributed by atoms with van der Waals surface area (Å²) in [6.45, 7) is 1.85. The summed E-state index contributed by atoms with van der Waals surface area (Å²) in [5.41, 5.74) is 0.983. The van der Waals surface area contributed by atoms with Crippen LogP contribution >= 0.6 is 11.6 Å². The molecular weight excluding hydrogens is 292 g/mol. The van der Waals surface area contributed by atoms with Gasteiger partial charge in [-0.1, -0.05) is 29.8 Å². The molecule has 0 aliphatic heterocycles. The van der Waals surface area contributed by atoms with Crippen molar-refractivity contribution in [3.05, 3.63) is 34.9 Å². The number of carboxylic acids is 1. The first-order valence-electron chi connectivity index (χ1n) is 6.97. The average molecular weight is 311 g/mol. The van der Waals surface area contributed by atoms with Crippen molar-refractivity contribution in [2.24, 2.45) is 0 Å². The predicted octanol–water partition coefficient (Wildman–Crippen LogP) is 2.07. The van der Waals surface area contributed by atoms with E-state index in [2.05, 4.69) is 10.2 Å². The highest BCUT2D eigenvalue weighted by Crippen LogP contribution is 2.36. The zero-order chi connectivity index (χ0) is 15.4. The summed E-state index contributed by atoms with van der Waals surface area (Å²) in [5.74, 6) is -1.32. The third-order valence-corrected chi connectivity index (χ3v) is 3.98. The molecule has 2 N–H and O–H groups in total. The van der Waals surface area contributed by atoms with Crippen molar-refractivity contribution in [1.29, 1.82) is 0 Å². The zero-order valence-corrected chi connectivity index (χ0v) is 12.6. The van der Waals surface area contributed by atoms with Crippen LogP contribution in [-0.4, -0.2) is 41.0 Å². The number of aliphatic carboxylic acids is 1. The van der Waals surface area contributed by atoms with Gasteiger partial charge in [-0.25, -0.2) is 0 Å². The summed E-state index contributed by atoms with van der Waals surface area (Å²) >= 11 is 6.22. The maximum Gasteiger partial charge on any atom is 0.322 e. The highest BCUT2D eigenvalue weighted by atomic mass is 35.5. The first-order valence-corrected chi connectivity index (χ1v) is 7.35. The predicted molar refractivity (Wildman–Crippen MR) is 80.2 cm³/mol. The lowest BCUT2D eigenvalue weighted by molar-refractivity contribution is -0.138. The third kappa shape index (κ3) is 4.44. The van der Waals surface area contributed by atoms with E-state index in [4.69, 9.17) is 16.7 Å². The van der Waals surface area contributed by atoms with Gasteiger partial charge in [-0.15, -0.1) is 0 Å². The van der Waals surface area contributed by atoms with E-state index in [9.17, 15) is 9.59 Å². The molecule has 1 aliphatic carbocycles. The molecule has 1 atom stereocenters. The Kier molecular flexibility index (Phi) is 5.20. The molecule has 0 bridgehead atoms. The van der Waals surface area contributed by atoms with Crippen molar-refractivity contribution in [3.8, 4) is 0 Å². The first-order chi connectivity index (χ1) is 9.99. The largest absolute Gasteiger partial charge is 0.480 e. The standard InChI is InChI=1S/C15H19ClN2O3/c1-10(12-4-2-3-5-13(12)16)18(11-6-7-11)9-14(19)17-8-15(20)21/h2-5,10-11H,6-9H2,1H3,(H,17,19)(H,20,21). The summed E-state index contributed by atoms with van der Waals surface area (Å²) in [6, 6.07) is 7.97. The second-order valence-corrected chi connectivity index (χ2v) is 5.68. The van der Waals surface area contributed by atoms with Crippen LogP contribution < -0.4 is 5.32 Å². The molecule has 5 nitrogen and oxygen atoms in total. The number of nitrogens with zero attached hydrogens (tertiary/aromatic N) is 1. The molecule has 0 spiro atoms. The fourth-order valence-electron chi connectivity index (χ4n) is 2.38. The van der Waals surface area contributed by atoms with Crippen molar-refractivity contribution in [2.75, 3.05) is 13.1 Å². The second kappa shape index (κ2) is 6.91. The van der Waals surface area contributed by atoms with Gasteiger partial charge in [-0.2, -0.15) is 0 Å². The molecule has 1 aromatic carbocycles. The summed E-state index contributed by atoms with van der Waals surface area (Å²) in [4.78, 5) is 24.4. The summed E-state index contributed by atoms with van der Waals surface area (Å²) in [6.07, 6.45) is 2.11. The van der Waals surface area contributed by atoms with Crippen molar-refractivity contribution in [3.63, 3.8) is 0 Å². The number of hydrogen-bond donors (Lipinski definition) is 2. The van der Waals surface area contributed by atoms with Crippen molar-refractivity contribution in [2.45, 2.75) is 31.8 Å². The van der Waals surface area contributed by atoms with Crippen LogP contribution in [0, 0.1) is 0 Å². The van der Waals surface area contributed by atoms with E-state index in [1.165, 1.54) is 0 Å². The lowest BCUT2D eigenvalue weighted by atomic mass is 10.1. The molecule has 1 amide bonds. The zero-order valence-electron chi connectivity index (χ0n) is 11.9. The average Bonchev–Trinajstić information content (AvgIpc) is 3.27. The van der Waals surface area contributed by atoms with E-state index in [1.807, 2.05) is 31.2 Å². The molecule has 0 saturated heterocycles. The van der Waals surface area contributed by atoms with E-state index in [0.717, 1.165) is 18.4 Å². The van der Waals surface area contributed by atoms with Gasteiger partial charge in [0.1, 0.15) is 6.54 Å². The number of amides is 1. The molecule has 1 unspecified atom stereocenters. The van der Waals surface area contributed by atoms with Gasteiger partial charge in [0.25, 0.3) is 0 Å². The maximum absolute atomic E-state index is 11.9. The fourth-order valence-corrected chi connectivity index (χ4v) is 2.67. The number of benzene rings is 1. The number of halogens is 1. The highest BCUT2D eigenvalue weighted by molar-refractivity contribution is 6.31. The van der Waals surface area contributed by atoms with Gasteiger partial charge in [0.05, 0.1) is 6.54 Å². The summed E-state index contributed by atoms with van der Waals surface area (Å²) in [5, 5.41) is 11.7. The van der Waals surface area contributed by atoms with Crippen LogP contribution in [0.1, 0.15) is 31.4 Å². The summed E-state index contributed by atoms with van der Waals surface area (Å²) < 4.78 is 0. The Bertz CT molecular complexity index is 531. The normalized spacial score (nSPS) is 15.8. The number of rotatable bonds is 7. The lowest BCUT2D eigenvalue weighted by Gasteiger charge is -2.29. The van der Waals surface area contributed by atoms with Crippen LogP contribution in [0.4, 0.5) is 0 Å². The molecule has 6 heteroatoms. The van der Waals surface area contributed by atoms with Crippen molar-refractivity contribution >= 4 is 23.5 Å². The van der Waals surface area contributed by atoms with E-state index in [1.54, 1.807) is 0 Å². The maximum atomic E-state index is 11.9. The van der Waals surface area contributed by atoms with Gasteiger partial charge in [0, 0.05) is 17.1 Å². The fraction of sp³-hybridized carbons (Fsp3) is 0.467. The molecule has 1 aliphatic rings. The topological polar surface area (TPSA) is 69.6 Å². The van der Waals surface area contributed by atoms with Crippen LogP contribution in [-0.2, 0) is 9.59 Å². The lowest BCUT2D eigenvalue weighted by Crippen LogP contribution is -2.41. The molecule has 1 saturated carbocycles. The minimum atomic E-state index is -1.04. The molecule has 0 aromatic heterocycles. The molecule has 21 heavy (non-hydrogen) atoms. The number of carbonyl (C=O) groups is 2. The van der Waals surface area contributed by atoms with Gasteiger partial charge < -0.3 is 10.4 Å². The van der Waals surface area contributed by atoms with E-state index < -0.39 is 5.97 Å². The van der Waals surface area contributed by atoms with Crippen molar-refractivity contribution < 1.29 is 14.7 Å².